The molecule has 1 fully saturated rings. The monoisotopic (exact) mass is 301 g/mol. The molecule has 0 N–H and O–H groups in total. The van der Waals surface area contributed by atoms with Crippen molar-refractivity contribution in [3.05, 3.63) is 24.0 Å². The van der Waals surface area contributed by atoms with E-state index in [1.807, 2.05) is 13.8 Å². The van der Waals surface area contributed by atoms with Crippen LogP contribution in [-0.4, -0.2) is 6.10 Å². The second kappa shape index (κ2) is 6.90. The topological polar surface area (TPSA) is 33.0 Å². The van der Waals surface area contributed by atoms with Gasteiger partial charge in [0.1, 0.15) is 6.10 Å². The van der Waals surface area contributed by atoms with E-state index in [2.05, 4.69) is 45.1 Å². The third-order valence-corrected chi connectivity index (χ3v) is 5.53. The van der Waals surface area contributed by atoms with Gasteiger partial charge in [0.2, 0.25) is 0 Å². The SMILES string of the molecule is CC(C)[C@H]1CC[C@@H](C)C[C@@H]1OC1=CC=C[C@@H](C(C)(C)C#N)C1. The van der Waals surface area contributed by atoms with Gasteiger partial charge in [-0.3, -0.25) is 0 Å². The highest BCUT2D eigenvalue weighted by Gasteiger charge is 2.34. The third kappa shape index (κ3) is 3.94. The largest absolute Gasteiger partial charge is 0.494 e. The van der Waals surface area contributed by atoms with Crippen molar-refractivity contribution >= 4 is 0 Å². The van der Waals surface area contributed by atoms with Gasteiger partial charge in [-0.25, -0.2) is 0 Å². The van der Waals surface area contributed by atoms with Gasteiger partial charge in [-0.05, 0) is 50.5 Å². The molecule has 2 aliphatic carbocycles. The normalized spacial score (nSPS) is 32.5. The summed E-state index contributed by atoms with van der Waals surface area (Å²) < 4.78 is 6.45. The van der Waals surface area contributed by atoms with Gasteiger partial charge in [0.05, 0.1) is 17.2 Å². The summed E-state index contributed by atoms with van der Waals surface area (Å²) in [5.74, 6) is 3.40. The van der Waals surface area contributed by atoms with Crippen molar-refractivity contribution in [1.29, 1.82) is 5.26 Å². The van der Waals surface area contributed by atoms with Crippen molar-refractivity contribution in [2.24, 2.45) is 29.1 Å². The lowest BCUT2D eigenvalue weighted by Crippen LogP contribution is -2.34. The van der Waals surface area contributed by atoms with E-state index < -0.39 is 0 Å². The van der Waals surface area contributed by atoms with E-state index in [0.29, 0.717) is 17.9 Å². The van der Waals surface area contributed by atoms with E-state index in [-0.39, 0.29) is 11.3 Å². The summed E-state index contributed by atoms with van der Waals surface area (Å²) >= 11 is 0. The first kappa shape index (κ1) is 17.1. The molecule has 0 aromatic rings. The van der Waals surface area contributed by atoms with Crippen LogP contribution in [0.25, 0.3) is 0 Å². The molecule has 0 aromatic heterocycles. The molecule has 0 radical (unpaired) electrons. The van der Waals surface area contributed by atoms with Gasteiger partial charge < -0.3 is 4.74 Å². The first-order chi connectivity index (χ1) is 10.3. The van der Waals surface area contributed by atoms with Crippen LogP contribution in [0, 0.1) is 40.4 Å². The minimum atomic E-state index is -0.337. The maximum Gasteiger partial charge on any atom is 0.102 e. The molecule has 0 amide bonds. The van der Waals surface area contributed by atoms with Crippen LogP contribution >= 0.6 is 0 Å². The lowest BCUT2D eigenvalue weighted by molar-refractivity contribution is -0.00771. The minimum absolute atomic E-state index is 0.246. The average Bonchev–Trinajstić information content (AvgIpc) is 2.47. The molecule has 4 atom stereocenters. The van der Waals surface area contributed by atoms with Crippen LogP contribution in [0.1, 0.15) is 60.3 Å². The molecule has 0 unspecified atom stereocenters. The quantitative estimate of drug-likeness (QED) is 0.689. The molecule has 2 nitrogen and oxygen atoms in total. The zero-order chi connectivity index (χ0) is 16.3. The van der Waals surface area contributed by atoms with Gasteiger partial charge in [-0.1, -0.05) is 39.3 Å². The van der Waals surface area contributed by atoms with Gasteiger partial charge in [0, 0.05) is 12.3 Å². The molecule has 1 saturated carbocycles. The summed E-state index contributed by atoms with van der Waals surface area (Å²) in [4.78, 5) is 0. The van der Waals surface area contributed by atoms with Gasteiger partial charge in [0.25, 0.3) is 0 Å². The van der Waals surface area contributed by atoms with Crippen molar-refractivity contribution < 1.29 is 4.74 Å². The molecular weight excluding hydrogens is 270 g/mol. The van der Waals surface area contributed by atoms with E-state index in [1.165, 1.54) is 12.8 Å². The zero-order valence-corrected chi connectivity index (χ0v) is 14.8. The van der Waals surface area contributed by atoms with Crippen molar-refractivity contribution in [3.63, 3.8) is 0 Å². The highest BCUT2D eigenvalue weighted by Crippen LogP contribution is 2.39. The van der Waals surface area contributed by atoms with Gasteiger partial charge in [0.15, 0.2) is 0 Å². The van der Waals surface area contributed by atoms with E-state index in [9.17, 15) is 5.26 Å². The minimum Gasteiger partial charge on any atom is -0.494 e. The molecule has 0 bridgehead atoms. The number of ether oxygens (including phenoxy) is 1. The summed E-state index contributed by atoms with van der Waals surface area (Å²) in [5, 5.41) is 9.36. The molecule has 2 aliphatic rings. The first-order valence-corrected chi connectivity index (χ1v) is 8.78. The van der Waals surface area contributed by atoms with Crippen LogP contribution in [0.4, 0.5) is 0 Å². The Hall–Kier alpha value is -1.23. The standard InChI is InChI=1S/C20H31NO/c1-14(2)18-10-9-15(3)11-19(18)22-17-8-6-7-16(12-17)20(4,5)13-21/h6-8,14-16,18-19H,9-12H2,1-5H3/t15-,16-,18-,19+/m1/s1. The zero-order valence-electron chi connectivity index (χ0n) is 14.8. The molecule has 0 spiro atoms. The van der Waals surface area contributed by atoms with Crippen molar-refractivity contribution in [3.8, 4) is 6.07 Å². The fourth-order valence-corrected chi connectivity index (χ4v) is 3.76. The van der Waals surface area contributed by atoms with Crippen LogP contribution in [0.15, 0.2) is 24.0 Å². The van der Waals surface area contributed by atoms with Gasteiger partial charge in [-0.15, -0.1) is 0 Å². The van der Waals surface area contributed by atoms with E-state index >= 15 is 0 Å². The summed E-state index contributed by atoms with van der Waals surface area (Å²) in [6.45, 7) is 11.0. The maximum absolute atomic E-state index is 9.36. The molecule has 0 heterocycles. The van der Waals surface area contributed by atoms with Crippen molar-refractivity contribution in [2.45, 2.75) is 66.4 Å². The van der Waals surface area contributed by atoms with Gasteiger partial charge >= 0.3 is 0 Å². The summed E-state index contributed by atoms with van der Waals surface area (Å²) in [6.07, 6.45) is 11.3. The fourth-order valence-electron chi connectivity index (χ4n) is 3.76. The maximum atomic E-state index is 9.36. The average molecular weight is 301 g/mol. The van der Waals surface area contributed by atoms with Crippen LogP contribution in [-0.2, 0) is 4.74 Å². The molecular formula is C20H31NO. The van der Waals surface area contributed by atoms with E-state index in [4.69, 9.17) is 4.74 Å². The molecule has 22 heavy (non-hydrogen) atoms. The predicted octanol–water partition coefficient (Wildman–Crippen LogP) is 5.47. The number of rotatable bonds is 4. The van der Waals surface area contributed by atoms with Crippen LogP contribution in [0.2, 0.25) is 0 Å². The Kier molecular flexibility index (Phi) is 5.37. The highest BCUT2D eigenvalue weighted by atomic mass is 16.5. The summed E-state index contributed by atoms with van der Waals surface area (Å²) in [7, 11) is 0. The lowest BCUT2D eigenvalue weighted by atomic mass is 9.74. The number of hydrogen-bond donors (Lipinski definition) is 0. The number of nitrogens with zero attached hydrogens (tertiary/aromatic N) is 1. The second-order valence-electron chi connectivity index (χ2n) is 8.14. The first-order valence-electron chi connectivity index (χ1n) is 8.78. The third-order valence-electron chi connectivity index (χ3n) is 5.53. The Balaban J connectivity index is 2.04. The molecule has 0 saturated heterocycles. The van der Waals surface area contributed by atoms with Gasteiger partial charge in [-0.2, -0.15) is 5.26 Å². The Morgan fingerprint density at radius 2 is 2.05 bits per heavy atom. The lowest BCUT2D eigenvalue weighted by Gasteiger charge is -2.39. The summed E-state index contributed by atoms with van der Waals surface area (Å²) in [5.41, 5.74) is -0.337. The fraction of sp³-hybridized carbons (Fsp3) is 0.750. The molecule has 0 aliphatic heterocycles. The Morgan fingerprint density at radius 3 is 2.68 bits per heavy atom. The predicted molar refractivity (Wildman–Crippen MR) is 90.9 cm³/mol. The van der Waals surface area contributed by atoms with Crippen LogP contribution in [0.3, 0.4) is 0 Å². The van der Waals surface area contributed by atoms with Crippen LogP contribution < -0.4 is 0 Å². The Bertz CT molecular complexity index is 480. The van der Waals surface area contributed by atoms with E-state index in [1.54, 1.807) is 0 Å². The molecule has 2 heteroatoms. The second-order valence-corrected chi connectivity index (χ2v) is 8.14. The number of hydrogen-bond acceptors (Lipinski definition) is 2. The molecule has 122 valence electrons. The van der Waals surface area contributed by atoms with Crippen LogP contribution in [0.5, 0.6) is 0 Å². The Labute approximate surface area is 136 Å². The number of nitriles is 1. The Morgan fingerprint density at radius 1 is 1.32 bits per heavy atom. The number of allylic oxidation sites excluding steroid dienone is 4. The smallest absolute Gasteiger partial charge is 0.102 e. The molecule has 0 aromatic carbocycles. The highest BCUT2D eigenvalue weighted by molar-refractivity contribution is 5.20. The molecule has 2 rings (SSSR count). The van der Waals surface area contributed by atoms with E-state index in [0.717, 1.165) is 24.5 Å². The van der Waals surface area contributed by atoms with Crippen molar-refractivity contribution in [1.82, 2.24) is 0 Å². The summed E-state index contributed by atoms with van der Waals surface area (Å²) in [6, 6.07) is 2.44. The van der Waals surface area contributed by atoms with Crippen molar-refractivity contribution in [2.75, 3.05) is 0 Å².